The summed E-state index contributed by atoms with van der Waals surface area (Å²) in [5, 5.41) is 8.89. The summed E-state index contributed by atoms with van der Waals surface area (Å²) in [4.78, 5) is 17.5. The van der Waals surface area contributed by atoms with Gasteiger partial charge >= 0.3 is 0 Å². The van der Waals surface area contributed by atoms with Crippen molar-refractivity contribution in [3.8, 4) is 16.3 Å². The maximum absolute atomic E-state index is 14.3. The lowest BCUT2D eigenvalue weighted by atomic mass is 10.2. The molecule has 3 aromatic heterocycles. The van der Waals surface area contributed by atoms with Gasteiger partial charge in [0.05, 0.1) is 22.8 Å². The van der Waals surface area contributed by atoms with E-state index in [-0.39, 0.29) is 17.9 Å². The molecule has 1 amide bonds. The highest BCUT2D eigenvalue weighted by molar-refractivity contribution is 7.13. The first-order valence-corrected chi connectivity index (χ1v) is 9.27. The summed E-state index contributed by atoms with van der Waals surface area (Å²) in [6.07, 6.45) is 1.64. The Morgan fingerprint density at radius 1 is 1.11 bits per heavy atom. The summed E-state index contributed by atoms with van der Waals surface area (Å²) in [7, 11) is 0. The molecule has 0 spiro atoms. The molecule has 1 aromatic carbocycles. The van der Waals surface area contributed by atoms with E-state index in [9.17, 15) is 13.6 Å². The molecule has 0 saturated carbocycles. The number of benzene rings is 1. The zero-order valence-electron chi connectivity index (χ0n) is 14.5. The highest BCUT2D eigenvalue weighted by atomic mass is 32.1. The third-order valence-corrected chi connectivity index (χ3v) is 4.90. The van der Waals surface area contributed by atoms with Crippen molar-refractivity contribution in [1.82, 2.24) is 20.1 Å². The van der Waals surface area contributed by atoms with Crippen molar-refractivity contribution < 1.29 is 13.6 Å². The van der Waals surface area contributed by atoms with Crippen molar-refractivity contribution in [2.75, 3.05) is 0 Å². The van der Waals surface area contributed by atoms with E-state index >= 15 is 0 Å². The van der Waals surface area contributed by atoms with Gasteiger partial charge in [-0.15, -0.1) is 11.3 Å². The van der Waals surface area contributed by atoms with Gasteiger partial charge in [-0.25, -0.2) is 13.5 Å². The van der Waals surface area contributed by atoms with Gasteiger partial charge in [-0.1, -0.05) is 12.1 Å². The maximum atomic E-state index is 14.3. The molecule has 3 heterocycles. The zero-order chi connectivity index (χ0) is 19.5. The monoisotopic (exact) mass is 396 g/mol. The number of rotatable bonds is 5. The van der Waals surface area contributed by atoms with E-state index in [0.717, 1.165) is 17.0 Å². The van der Waals surface area contributed by atoms with E-state index in [1.54, 1.807) is 24.4 Å². The normalized spacial score (nSPS) is 10.8. The lowest BCUT2D eigenvalue weighted by Gasteiger charge is -2.07. The van der Waals surface area contributed by atoms with Crippen LogP contribution in [0.4, 0.5) is 8.78 Å². The molecule has 8 heteroatoms. The van der Waals surface area contributed by atoms with Gasteiger partial charge < -0.3 is 5.32 Å². The fourth-order valence-electron chi connectivity index (χ4n) is 2.69. The quantitative estimate of drug-likeness (QED) is 0.550. The molecule has 28 heavy (non-hydrogen) atoms. The Morgan fingerprint density at radius 2 is 2.00 bits per heavy atom. The van der Waals surface area contributed by atoms with Gasteiger partial charge in [0, 0.05) is 12.3 Å². The molecule has 4 aromatic rings. The fourth-order valence-corrected chi connectivity index (χ4v) is 3.42. The molecule has 140 valence electrons. The average molecular weight is 396 g/mol. The van der Waals surface area contributed by atoms with Crippen LogP contribution in [0.2, 0.25) is 0 Å². The molecule has 0 aliphatic heterocycles. The van der Waals surface area contributed by atoms with Crippen LogP contribution in [0.3, 0.4) is 0 Å². The predicted octanol–water partition coefficient (Wildman–Crippen LogP) is 4.20. The van der Waals surface area contributed by atoms with Crippen LogP contribution in [0.25, 0.3) is 16.3 Å². The van der Waals surface area contributed by atoms with Gasteiger partial charge in [-0.05, 0) is 41.8 Å². The number of amides is 1. The number of hydrogen-bond donors (Lipinski definition) is 1. The van der Waals surface area contributed by atoms with Crippen molar-refractivity contribution in [2.45, 2.75) is 6.54 Å². The molecule has 0 aliphatic carbocycles. The minimum atomic E-state index is -0.763. The maximum Gasteiger partial charge on any atom is 0.272 e. The Morgan fingerprint density at radius 3 is 2.71 bits per heavy atom. The van der Waals surface area contributed by atoms with E-state index in [1.807, 2.05) is 23.6 Å². The van der Waals surface area contributed by atoms with E-state index in [0.29, 0.717) is 11.4 Å². The molecule has 1 N–H and O–H groups in total. The number of halogens is 2. The number of pyridine rings is 1. The SMILES string of the molecule is O=C(NCc1ccccn1)c1cc(-c2cccs2)n(-c2ccc(F)cc2F)n1. The van der Waals surface area contributed by atoms with Gasteiger partial charge in [0.2, 0.25) is 0 Å². The van der Waals surface area contributed by atoms with E-state index in [2.05, 4.69) is 15.4 Å². The molecule has 4 rings (SSSR count). The molecular weight excluding hydrogens is 382 g/mol. The number of thiophene rings is 1. The lowest BCUT2D eigenvalue weighted by molar-refractivity contribution is 0.0945. The second-order valence-electron chi connectivity index (χ2n) is 5.90. The molecule has 0 fully saturated rings. The van der Waals surface area contributed by atoms with Crippen LogP contribution in [0.1, 0.15) is 16.2 Å². The first kappa shape index (κ1) is 18.0. The Hall–Kier alpha value is -3.39. The van der Waals surface area contributed by atoms with Crippen molar-refractivity contribution in [3.63, 3.8) is 0 Å². The van der Waals surface area contributed by atoms with Crippen molar-refractivity contribution in [3.05, 3.63) is 89.2 Å². The zero-order valence-corrected chi connectivity index (χ0v) is 15.3. The molecule has 0 saturated heterocycles. The van der Waals surface area contributed by atoms with E-state index in [4.69, 9.17) is 0 Å². The molecule has 0 unspecified atom stereocenters. The number of aromatic nitrogens is 3. The van der Waals surface area contributed by atoms with Gasteiger partial charge in [-0.2, -0.15) is 5.10 Å². The van der Waals surface area contributed by atoms with Gasteiger partial charge in [0.25, 0.3) is 5.91 Å². The van der Waals surface area contributed by atoms with Crippen LogP contribution < -0.4 is 5.32 Å². The second kappa shape index (κ2) is 7.69. The van der Waals surface area contributed by atoms with Gasteiger partial charge in [0.1, 0.15) is 11.5 Å². The second-order valence-corrected chi connectivity index (χ2v) is 6.85. The van der Waals surface area contributed by atoms with Crippen LogP contribution in [0, 0.1) is 11.6 Å². The Labute approximate surface area is 163 Å². The minimum Gasteiger partial charge on any atom is -0.345 e. The topological polar surface area (TPSA) is 59.8 Å². The van der Waals surface area contributed by atoms with Crippen LogP contribution in [-0.2, 0) is 6.54 Å². The predicted molar refractivity (Wildman–Crippen MR) is 102 cm³/mol. The molecule has 0 aliphatic rings. The average Bonchev–Trinajstić information content (AvgIpc) is 3.36. The number of hydrogen-bond acceptors (Lipinski definition) is 4. The van der Waals surface area contributed by atoms with Gasteiger partial charge in [0.15, 0.2) is 11.5 Å². The van der Waals surface area contributed by atoms with Crippen LogP contribution in [0.15, 0.2) is 66.2 Å². The number of carbonyl (C=O) groups is 1. The Balaban J connectivity index is 1.68. The highest BCUT2D eigenvalue weighted by Crippen LogP contribution is 2.29. The smallest absolute Gasteiger partial charge is 0.272 e. The van der Waals surface area contributed by atoms with Crippen LogP contribution >= 0.6 is 11.3 Å². The Kier molecular flexibility index (Phi) is 4.94. The first-order valence-electron chi connectivity index (χ1n) is 8.39. The summed E-state index contributed by atoms with van der Waals surface area (Å²) in [6, 6.07) is 13.9. The van der Waals surface area contributed by atoms with Gasteiger partial charge in [-0.3, -0.25) is 9.78 Å². The van der Waals surface area contributed by atoms with E-state index in [1.165, 1.54) is 22.1 Å². The van der Waals surface area contributed by atoms with Crippen LogP contribution in [0.5, 0.6) is 0 Å². The highest BCUT2D eigenvalue weighted by Gasteiger charge is 2.19. The number of carbonyl (C=O) groups excluding carboxylic acids is 1. The van der Waals surface area contributed by atoms with Crippen molar-refractivity contribution >= 4 is 17.2 Å². The summed E-state index contributed by atoms with van der Waals surface area (Å²) in [6.45, 7) is 0.242. The largest absolute Gasteiger partial charge is 0.345 e. The minimum absolute atomic E-state index is 0.0635. The van der Waals surface area contributed by atoms with Crippen LogP contribution in [-0.4, -0.2) is 20.7 Å². The van der Waals surface area contributed by atoms with Crippen molar-refractivity contribution in [1.29, 1.82) is 0 Å². The summed E-state index contributed by atoms with van der Waals surface area (Å²) in [5.41, 5.74) is 1.44. The van der Waals surface area contributed by atoms with E-state index < -0.39 is 17.5 Å². The number of nitrogens with zero attached hydrogens (tertiary/aromatic N) is 3. The molecule has 5 nitrogen and oxygen atoms in total. The third-order valence-electron chi connectivity index (χ3n) is 4.01. The van der Waals surface area contributed by atoms with Crippen molar-refractivity contribution in [2.24, 2.45) is 0 Å². The first-order chi connectivity index (χ1) is 13.6. The molecule has 0 radical (unpaired) electrons. The molecular formula is C20H14F2N4OS. The summed E-state index contributed by atoms with van der Waals surface area (Å²) < 4.78 is 28.9. The summed E-state index contributed by atoms with van der Waals surface area (Å²) in [5.74, 6) is -1.86. The molecule has 0 bridgehead atoms. The Bertz CT molecular complexity index is 1110. The summed E-state index contributed by atoms with van der Waals surface area (Å²) >= 11 is 1.43. The standard InChI is InChI=1S/C20H14F2N4OS/c21-13-6-7-17(15(22)10-13)26-18(19-5-3-9-28-19)11-16(25-26)20(27)24-12-14-4-1-2-8-23-14/h1-11H,12H2,(H,24,27). The fraction of sp³-hybridized carbons (Fsp3) is 0.0500. The molecule has 0 atom stereocenters. The number of nitrogens with one attached hydrogen (secondary N) is 1. The third kappa shape index (κ3) is 3.67. The lowest BCUT2D eigenvalue weighted by Crippen LogP contribution is -2.23.